The summed E-state index contributed by atoms with van der Waals surface area (Å²) in [5.41, 5.74) is 0.633. The minimum Gasteiger partial charge on any atom is -0.351 e. The standard InChI is InChI=1S/C16H20FN5OS/c1-16(2,3)18-13(23)10-24-15-20-19-14-21(8-9-22(14)15)12-6-4-11(17)5-7-12/h4-7H,8-10H2,1-3H3,(H,18,23). The van der Waals surface area contributed by atoms with Gasteiger partial charge in [0.05, 0.1) is 5.75 Å². The maximum absolute atomic E-state index is 13.1. The van der Waals surface area contributed by atoms with E-state index in [2.05, 4.69) is 15.5 Å². The Morgan fingerprint density at radius 1 is 1.25 bits per heavy atom. The zero-order chi connectivity index (χ0) is 17.3. The summed E-state index contributed by atoms with van der Waals surface area (Å²) in [4.78, 5) is 13.9. The number of fused-ring (bicyclic) bond motifs is 1. The lowest BCUT2D eigenvalue weighted by atomic mass is 10.1. The van der Waals surface area contributed by atoms with Gasteiger partial charge >= 0.3 is 0 Å². The maximum Gasteiger partial charge on any atom is 0.232 e. The number of nitrogens with one attached hydrogen (secondary N) is 1. The number of amides is 1. The van der Waals surface area contributed by atoms with E-state index in [0.29, 0.717) is 5.75 Å². The van der Waals surface area contributed by atoms with Crippen LogP contribution in [0.5, 0.6) is 0 Å². The Bertz CT molecular complexity index is 738. The lowest BCUT2D eigenvalue weighted by molar-refractivity contribution is -0.119. The van der Waals surface area contributed by atoms with Crippen molar-refractivity contribution in [3.8, 4) is 0 Å². The number of carbonyl (C=O) groups is 1. The minimum absolute atomic E-state index is 0.0294. The lowest BCUT2D eigenvalue weighted by Gasteiger charge is -2.20. The van der Waals surface area contributed by atoms with Crippen molar-refractivity contribution in [3.63, 3.8) is 0 Å². The van der Waals surface area contributed by atoms with Gasteiger partial charge < -0.3 is 10.2 Å². The molecule has 1 aromatic carbocycles. The first-order valence-corrected chi connectivity index (χ1v) is 8.72. The van der Waals surface area contributed by atoms with E-state index in [4.69, 9.17) is 0 Å². The molecule has 1 aliphatic rings. The predicted octanol–water partition coefficient (Wildman–Crippen LogP) is 2.58. The highest BCUT2D eigenvalue weighted by Gasteiger charge is 2.26. The molecule has 2 heterocycles. The Hall–Kier alpha value is -2.09. The number of aromatic nitrogens is 3. The van der Waals surface area contributed by atoms with Crippen molar-refractivity contribution in [2.75, 3.05) is 17.2 Å². The predicted molar refractivity (Wildman–Crippen MR) is 92.0 cm³/mol. The van der Waals surface area contributed by atoms with Gasteiger partial charge in [-0.1, -0.05) is 11.8 Å². The van der Waals surface area contributed by atoms with Gasteiger partial charge in [0.15, 0.2) is 5.16 Å². The number of nitrogens with zero attached hydrogens (tertiary/aromatic N) is 4. The first-order valence-electron chi connectivity index (χ1n) is 7.73. The number of rotatable bonds is 4. The number of benzene rings is 1. The lowest BCUT2D eigenvalue weighted by Crippen LogP contribution is -2.41. The molecular weight excluding hydrogens is 329 g/mol. The summed E-state index contributed by atoms with van der Waals surface area (Å²) in [6, 6.07) is 6.31. The zero-order valence-corrected chi connectivity index (χ0v) is 14.7. The van der Waals surface area contributed by atoms with E-state index in [1.165, 1.54) is 23.9 Å². The third-order valence-electron chi connectivity index (χ3n) is 3.47. The van der Waals surface area contributed by atoms with Gasteiger partial charge in [0.2, 0.25) is 11.9 Å². The van der Waals surface area contributed by atoms with Crippen LogP contribution in [0.4, 0.5) is 16.0 Å². The Balaban J connectivity index is 1.68. The summed E-state index contributed by atoms with van der Waals surface area (Å²) in [6.07, 6.45) is 0. The third kappa shape index (κ3) is 3.69. The molecule has 6 nitrogen and oxygen atoms in total. The summed E-state index contributed by atoms with van der Waals surface area (Å²) in [7, 11) is 0. The van der Waals surface area contributed by atoms with Crippen molar-refractivity contribution >= 4 is 29.3 Å². The fourth-order valence-corrected chi connectivity index (χ4v) is 3.29. The van der Waals surface area contributed by atoms with Crippen molar-refractivity contribution in [2.24, 2.45) is 0 Å². The molecule has 0 fully saturated rings. The first-order chi connectivity index (χ1) is 11.3. The second-order valence-corrected chi connectivity index (χ2v) is 7.59. The molecule has 1 N–H and O–H groups in total. The molecule has 1 aromatic heterocycles. The van der Waals surface area contributed by atoms with E-state index >= 15 is 0 Å². The van der Waals surface area contributed by atoms with Crippen LogP contribution in [0, 0.1) is 5.82 Å². The summed E-state index contributed by atoms with van der Waals surface area (Å²) in [5, 5.41) is 12.0. The van der Waals surface area contributed by atoms with Crippen LogP contribution in [-0.2, 0) is 11.3 Å². The number of carbonyl (C=O) groups excluding carboxylic acids is 1. The number of hydrogen-bond acceptors (Lipinski definition) is 5. The van der Waals surface area contributed by atoms with Gasteiger partial charge in [-0.25, -0.2) is 4.39 Å². The van der Waals surface area contributed by atoms with E-state index in [0.717, 1.165) is 29.9 Å². The summed E-state index contributed by atoms with van der Waals surface area (Å²) in [5.74, 6) is 0.727. The molecule has 128 valence electrons. The molecule has 1 amide bonds. The van der Waals surface area contributed by atoms with E-state index in [9.17, 15) is 9.18 Å². The van der Waals surface area contributed by atoms with Crippen molar-refractivity contribution in [2.45, 2.75) is 38.0 Å². The molecule has 0 atom stereocenters. The van der Waals surface area contributed by atoms with Gasteiger partial charge in [0.1, 0.15) is 5.82 Å². The highest BCUT2D eigenvalue weighted by Crippen LogP contribution is 2.31. The first kappa shape index (κ1) is 16.8. The summed E-state index contributed by atoms with van der Waals surface area (Å²) < 4.78 is 15.1. The molecule has 1 aliphatic heterocycles. The van der Waals surface area contributed by atoms with Crippen molar-refractivity contribution in [3.05, 3.63) is 30.1 Å². The van der Waals surface area contributed by atoms with Gasteiger partial charge in [0, 0.05) is 24.3 Å². The van der Waals surface area contributed by atoms with E-state index < -0.39 is 0 Å². The Labute approximate surface area is 144 Å². The molecule has 3 rings (SSSR count). The molecule has 0 unspecified atom stereocenters. The van der Waals surface area contributed by atoms with Crippen molar-refractivity contribution < 1.29 is 9.18 Å². The van der Waals surface area contributed by atoms with Crippen molar-refractivity contribution in [1.29, 1.82) is 0 Å². The van der Waals surface area contributed by atoms with Gasteiger partial charge in [-0.2, -0.15) is 0 Å². The van der Waals surface area contributed by atoms with Crippen molar-refractivity contribution in [1.82, 2.24) is 20.1 Å². The summed E-state index contributed by atoms with van der Waals surface area (Å²) in [6.45, 7) is 7.34. The quantitative estimate of drug-likeness (QED) is 0.860. The SMILES string of the molecule is CC(C)(C)NC(=O)CSc1nnc2n1CCN2c1ccc(F)cc1. The number of thioether (sulfide) groups is 1. The van der Waals surface area contributed by atoms with Gasteiger partial charge in [-0.3, -0.25) is 9.36 Å². The maximum atomic E-state index is 13.1. The third-order valence-corrected chi connectivity index (χ3v) is 4.44. The van der Waals surface area contributed by atoms with E-state index in [1.54, 1.807) is 12.1 Å². The normalized spacial score (nSPS) is 13.9. The fourth-order valence-electron chi connectivity index (χ4n) is 2.53. The highest BCUT2D eigenvalue weighted by molar-refractivity contribution is 7.99. The monoisotopic (exact) mass is 349 g/mol. The molecule has 0 aliphatic carbocycles. The highest BCUT2D eigenvalue weighted by atomic mass is 32.2. The van der Waals surface area contributed by atoms with Crippen LogP contribution < -0.4 is 10.2 Å². The molecular formula is C16H20FN5OS. The van der Waals surface area contributed by atoms with E-state index in [1.807, 2.05) is 30.2 Å². The average Bonchev–Trinajstić information content (AvgIpc) is 3.06. The summed E-state index contributed by atoms with van der Waals surface area (Å²) >= 11 is 1.37. The second kappa shape index (κ2) is 6.43. The Morgan fingerprint density at radius 2 is 1.96 bits per heavy atom. The van der Waals surface area contributed by atoms with Crippen LogP contribution in [0.2, 0.25) is 0 Å². The minimum atomic E-state index is -0.263. The molecule has 2 aromatic rings. The molecule has 0 saturated carbocycles. The number of halogens is 1. The average molecular weight is 349 g/mol. The largest absolute Gasteiger partial charge is 0.351 e. The zero-order valence-electron chi connectivity index (χ0n) is 13.9. The molecule has 0 radical (unpaired) electrons. The number of anilines is 2. The van der Waals surface area contributed by atoms with Crippen LogP contribution in [0.15, 0.2) is 29.4 Å². The Kier molecular flexibility index (Phi) is 4.49. The molecule has 0 bridgehead atoms. The Morgan fingerprint density at radius 3 is 2.62 bits per heavy atom. The van der Waals surface area contributed by atoms with Gasteiger partial charge in [-0.05, 0) is 45.0 Å². The number of hydrogen-bond donors (Lipinski definition) is 1. The smallest absolute Gasteiger partial charge is 0.232 e. The van der Waals surface area contributed by atoms with Crippen LogP contribution in [0.3, 0.4) is 0 Å². The van der Waals surface area contributed by atoms with E-state index in [-0.39, 0.29) is 17.3 Å². The van der Waals surface area contributed by atoms with Gasteiger partial charge in [-0.15, -0.1) is 10.2 Å². The van der Waals surface area contributed by atoms with Crippen LogP contribution in [0.25, 0.3) is 0 Å². The van der Waals surface area contributed by atoms with Gasteiger partial charge in [0.25, 0.3) is 0 Å². The van der Waals surface area contributed by atoms with Crippen LogP contribution in [0.1, 0.15) is 20.8 Å². The topological polar surface area (TPSA) is 63.1 Å². The molecule has 8 heteroatoms. The molecule has 0 spiro atoms. The van der Waals surface area contributed by atoms with Crippen LogP contribution >= 0.6 is 11.8 Å². The molecule has 24 heavy (non-hydrogen) atoms. The van der Waals surface area contributed by atoms with Crippen LogP contribution in [-0.4, -0.2) is 38.5 Å². The molecule has 0 saturated heterocycles. The fraction of sp³-hybridized carbons (Fsp3) is 0.438. The second-order valence-electron chi connectivity index (χ2n) is 6.65.